The van der Waals surface area contributed by atoms with E-state index in [4.69, 9.17) is 4.74 Å². The van der Waals surface area contributed by atoms with E-state index in [1.54, 1.807) is 0 Å². The van der Waals surface area contributed by atoms with E-state index >= 15 is 0 Å². The molecule has 0 aliphatic rings. The molecule has 0 aliphatic carbocycles. The molecular weight excluding hydrogens is 198 g/mol. The van der Waals surface area contributed by atoms with Gasteiger partial charge in [0.05, 0.1) is 6.61 Å². The molecule has 2 nitrogen and oxygen atoms in total. The van der Waals surface area contributed by atoms with Crippen LogP contribution >= 0.6 is 0 Å². The van der Waals surface area contributed by atoms with Gasteiger partial charge in [-0.3, -0.25) is 0 Å². The molecule has 1 N–H and O–H groups in total. The summed E-state index contributed by atoms with van der Waals surface area (Å²) in [5.74, 6) is 0.932. The molecule has 0 saturated heterocycles. The topological polar surface area (TPSA) is 21.3 Å². The van der Waals surface area contributed by atoms with Gasteiger partial charge in [-0.05, 0) is 37.1 Å². The van der Waals surface area contributed by atoms with Crippen LogP contribution in [0.25, 0.3) is 0 Å². The molecule has 0 unspecified atom stereocenters. The predicted octanol–water partition coefficient (Wildman–Crippen LogP) is 3.85. The SMILES string of the molecule is C=C(CC)CNc1ccc(OCCC)cc1. The van der Waals surface area contributed by atoms with Crippen molar-refractivity contribution in [1.82, 2.24) is 0 Å². The second-order valence-corrected chi connectivity index (χ2v) is 3.83. The Morgan fingerprint density at radius 2 is 1.94 bits per heavy atom. The predicted molar refractivity (Wildman–Crippen MR) is 70.1 cm³/mol. The van der Waals surface area contributed by atoms with Gasteiger partial charge in [0.2, 0.25) is 0 Å². The Kier molecular flexibility index (Phi) is 5.48. The summed E-state index contributed by atoms with van der Waals surface area (Å²) in [6.07, 6.45) is 2.06. The highest BCUT2D eigenvalue weighted by Crippen LogP contribution is 2.16. The van der Waals surface area contributed by atoms with Crippen LogP contribution < -0.4 is 10.1 Å². The average molecular weight is 219 g/mol. The average Bonchev–Trinajstić information content (AvgIpc) is 2.34. The third-order valence-electron chi connectivity index (χ3n) is 2.37. The van der Waals surface area contributed by atoms with Gasteiger partial charge in [0.25, 0.3) is 0 Å². The Morgan fingerprint density at radius 1 is 1.25 bits per heavy atom. The monoisotopic (exact) mass is 219 g/mol. The van der Waals surface area contributed by atoms with Crippen molar-refractivity contribution in [2.24, 2.45) is 0 Å². The number of rotatable bonds is 7. The van der Waals surface area contributed by atoms with Gasteiger partial charge in [-0.1, -0.05) is 26.0 Å². The number of hydrogen-bond donors (Lipinski definition) is 1. The summed E-state index contributed by atoms with van der Waals surface area (Å²) in [6.45, 7) is 9.80. The Bertz CT molecular complexity index is 316. The highest BCUT2D eigenvalue weighted by atomic mass is 16.5. The summed E-state index contributed by atoms with van der Waals surface area (Å²) in [7, 11) is 0. The Hall–Kier alpha value is -1.44. The van der Waals surface area contributed by atoms with Gasteiger partial charge in [0.1, 0.15) is 5.75 Å². The van der Waals surface area contributed by atoms with E-state index < -0.39 is 0 Å². The van der Waals surface area contributed by atoms with E-state index in [1.165, 1.54) is 5.57 Å². The first-order chi connectivity index (χ1) is 7.76. The van der Waals surface area contributed by atoms with Crippen molar-refractivity contribution < 1.29 is 4.74 Å². The number of hydrogen-bond acceptors (Lipinski definition) is 2. The summed E-state index contributed by atoms with van der Waals surface area (Å²) < 4.78 is 5.51. The molecular formula is C14H21NO. The largest absolute Gasteiger partial charge is 0.494 e. The van der Waals surface area contributed by atoms with Crippen LogP contribution in [0.3, 0.4) is 0 Å². The van der Waals surface area contributed by atoms with Gasteiger partial charge >= 0.3 is 0 Å². The Labute approximate surface area is 98.3 Å². The normalized spacial score (nSPS) is 9.88. The molecule has 1 rings (SSSR count). The number of ether oxygens (including phenoxy) is 1. The van der Waals surface area contributed by atoms with Gasteiger partial charge in [0.15, 0.2) is 0 Å². The molecule has 0 radical (unpaired) electrons. The van der Waals surface area contributed by atoms with Crippen molar-refractivity contribution in [1.29, 1.82) is 0 Å². The van der Waals surface area contributed by atoms with Crippen LogP contribution in [0, 0.1) is 0 Å². The van der Waals surface area contributed by atoms with Crippen molar-refractivity contribution in [2.75, 3.05) is 18.5 Å². The number of anilines is 1. The van der Waals surface area contributed by atoms with Crippen molar-refractivity contribution in [3.05, 3.63) is 36.4 Å². The molecule has 0 saturated carbocycles. The fourth-order valence-electron chi connectivity index (χ4n) is 1.24. The van der Waals surface area contributed by atoms with E-state index in [0.717, 1.165) is 37.4 Å². The molecule has 2 heteroatoms. The van der Waals surface area contributed by atoms with E-state index in [-0.39, 0.29) is 0 Å². The van der Waals surface area contributed by atoms with E-state index in [0.29, 0.717) is 0 Å². The van der Waals surface area contributed by atoms with Crippen LogP contribution in [0.1, 0.15) is 26.7 Å². The third kappa shape index (κ3) is 4.39. The molecule has 1 aromatic carbocycles. The lowest BCUT2D eigenvalue weighted by atomic mass is 10.2. The quantitative estimate of drug-likeness (QED) is 0.703. The molecule has 0 fully saturated rings. The maximum Gasteiger partial charge on any atom is 0.119 e. The molecule has 0 aliphatic heterocycles. The summed E-state index contributed by atoms with van der Waals surface area (Å²) in [6, 6.07) is 8.06. The molecule has 1 aromatic rings. The van der Waals surface area contributed by atoms with Gasteiger partial charge in [-0.25, -0.2) is 0 Å². The maximum atomic E-state index is 5.51. The zero-order valence-corrected chi connectivity index (χ0v) is 10.3. The lowest BCUT2D eigenvalue weighted by Crippen LogP contribution is -2.03. The fraction of sp³-hybridized carbons (Fsp3) is 0.429. The molecule has 0 aromatic heterocycles. The molecule has 0 atom stereocenters. The van der Waals surface area contributed by atoms with Gasteiger partial charge in [0, 0.05) is 12.2 Å². The van der Waals surface area contributed by atoms with Crippen LogP contribution in [0.15, 0.2) is 36.4 Å². The van der Waals surface area contributed by atoms with Crippen molar-refractivity contribution in [3.8, 4) is 5.75 Å². The van der Waals surface area contributed by atoms with Crippen LogP contribution in [-0.2, 0) is 0 Å². The highest BCUT2D eigenvalue weighted by Gasteiger charge is 1.95. The van der Waals surface area contributed by atoms with Gasteiger partial charge in [-0.15, -0.1) is 0 Å². The molecule has 0 amide bonds. The molecule has 16 heavy (non-hydrogen) atoms. The summed E-state index contributed by atoms with van der Waals surface area (Å²) in [4.78, 5) is 0. The minimum atomic E-state index is 0.777. The molecule has 0 bridgehead atoms. The van der Waals surface area contributed by atoms with Crippen molar-refractivity contribution in [2.45, 2.75) is 26.7 Å². The Morgan fingerprint density at radius 3 is 2.50 bits per heavy atom. The van der Waals surface area contributed by atoms with E-state index in [2.05, 4.69) is 25.7 Å². The molecule has 0 heterocycles. The fourth-order valence-corrected chi connectivity index (χ4v) is 1.24. The zero-order valence-electron chi connectivity index (χ0n) is 10.3. The van der Waals surface area contributed by atoms with Gasteiger partial charge in [-0.2, -0.15) is 0 Å². The number of benzene rings is 1. The van der Waals surface area contributed by atoms with Crippen LogP contribution in [0.5, 0.6) is 5.75 Å². The van der Waals surface area contributed by atoms with Crippen LogP contribution in [0.2, 0.25) is 0 Å². The van der Waals surface area contributed by atoms with Crippen LogP contribution in [0.4, 0.5) is 5.69 Å². The summed E-state index contributed by atoms with van der Waals surface area (Å²) >= 11 is 0. The highest BCUT2D eigenvalue weighted by molar-refractivity contribution is 5.47. The standard InChI is InChI=1S/C14H21NO/c1-4-10-16-14-8-6-13(7-9-14)15-11-12(3)5-2/h6-9,15H,3-5,10-11H2,1-2H3. The second kappa shape index (κ2) is 6.94. The summed E-state index contributed by atoms with van der Waals surface area (Å²) in [5, 5.41) is 3.32. The van der Waals surface area contributed by atoms with Crippen molar-refractivity contribution >= 4 is 5.69 Å². The van der Waals surface area contributed by atoms with E-state index in [9.17, 15) is 0 Å². The molecule has 88 valence electrons. The summed E-state index contributed by atoms with van der Waals surface area (Å²) in [5.41, 5.74) is 2.32. The second-order valence-electron chi connectivity index (χ2n) is 3.83. The lowest BCUT2D eigenvalue weighted by Gasteiger charge is -2.09. The Balaban J connectivity index is 2.41. The maximum absolute atomic E-state index is 5.51. The first kappa shape index (κ1) is 12.6. The molecule has 0 spiro atoms. The van der Waals surface area contributed by atoms with Crippen LogP contribution in [-0.4, -0.2) is 13.2 Å². The zero-order chi connectivity index (χ0) is 11.8. The van der Waals surface area contributed by atoms with Gasteiger partial charge < -0.3 is 10.1 Å². The minimum absolute atomic E-state index is 0.777. The smallest absolute Gasteiger partial charge is 0.119 e. The third-order valence-corrected chi connectivity index (χ3v) is 2.37. The lowest BCUT2D eigenvalue weighted by molar-refractivity contribution is 0.317. The van der Waals surface area contributed by atoms with Crippen molar-refractivity contribution in [3.63, 3.8) is 0 Å². The number of nitrogens with one attached hydrogen (secondary N) is 1. The first-order valence-electron chi connectivity index (χ1n) is 5.89. The minimum Gasteiger partial charge on any atom is -0.494 e. The first-order valence-corrected chi connectivity index (χ1v) is 5.89. The van der Waals surface area contributed by atoms with E-state index in [1.807, 2.05) is 24.3 Å².